The number of nitrogens with zero attached hydrogens (tertiary/aromatic N) is 2. The van der Waals surface area contributed by atoms with Crippen LogP contribution in [0.4, 0.5) is 0 Å². The second-order valence-electron chi connectivity index (χ2n) is 0.394. The monoisotopic (exact) mass is 157 g/mol. The molecule has 6 nitrogen and oxygen atoms in total. The molecule has 0 atom stereocenters. The maximum absolute atomic E-state index is 9.00. The van der Waals surface area contributed by atoms with Gasteiger partial charge in [0.05, 0.1) is 0 Å². The van der Waals surface area contributed by atoms with E-state index in [1.807, 2.05) is 0 Å². The van der Waals surface area contributed by atoms with Crippen LogP contribution >= 0.6 is 0 Å². The Morgan fingerprint density at radius 2 is 2.12 bits per heavy atom. The van der Waals surface area contributed by atoms with E-state index >= 15 is 0 Å². The first-order valence-electron chi connectivity index (χ1n) is 0.930. The van der Waals surface area contributed by atoms with Crippen molar-refractivity contribution in [3.05, 3.63) is 9.81 Å². The summed E-state index contributed by atoms with van der Waals surface area (Å²) in [7, 11) is 0. The van der Waals surface area contributed by atoms with E-state index in [-0.39, 0.29) is 83.8 Å². The molecule has 0 aromatic heterocycles. The molecule has 0 unspecified atom stereocenters. The van der Waals surface area contributed by atoms with Gasteiger partial charge in [0.1, 0.15) is 0 Å². The van der Waals surface area contributed by atoms with E-state index in [4.69, 9.17) is 15.0 Å². The Labute approximate surface area is 112 Å². The van der Waals surface area contributed by atoms with Gasteiger partial charge < -0.3 is 2.85 Å². The van der Waals surface area contributed by atoms with Crippen molar-refractivity contribution >= 4 is 0 Å². The van der Waals surface area contributed by atoms with Gasteiger partial charge in [-0.25, -0.2) is 0 Å². The summed E-state index contributed by atoms with van der Waals surface area (Å²) in [4.78, 5) is 20.7. The summed E-state index contributed by atoms with van der Waals surface area (Å²) < 4.78 is 0. The van der Waals surface area contributed by atoms with Gasteiger partial charge in [-0.1, -0.05) is 0 Å². The zero-order valence-corrected chi connectivity index (χ0v) is 9.69. The first-order chi connectivity index (χ1) is 2.77. The zero-order valence-electron chi connectivity index (χ0n) is 6.57. The molecule has 0 aliphatic carbocycles. The normalized spacial score (nSPS) is 5.00. The van der Waals surface area contributed by atoms with Crippen LogP contribution in [-0.2, 0) is 4.94 Å². The molecule has 0 amide bonds. The van der Waals surface area contributed by atoms with Crippen LogP contribution in [0.25, 0.3) is 0 Å². The van der Waals surface area contributed by atoms with Gasteiger partial charge in [0.2, 0.25) is 0 Å². The molecule has 0 aliphatic heterocycles. The van der Waals surface area contributed by atoms with E-state index in [9.17, 15) is 0 Å². The third kappa shape index (κ3) is 15.7. The Morgan fingerprint density at radius 3 is 2.12 bits per heavy atom. The standard InChI is InChI=1S/K.HN2O4.Na.2H/c;3-1-6-2(4)5;;;/h;(H,4,5);;;/q3*+1;2*-1. The molecule has 1 N–H and O–H groups in total. The van der Waals surface area contributed by atoms with Crippen LogP contribution in [0.3, 0.4) is 0 Å². The van der Waals surface area contributed by atoms with E-state index in [0.717, 1.165) is 0 Å². The molecule has 8 heteroatoms. The molecule has 0 fully saturated rings. The Hall–Kier alpha value is 1.44. The molecule has 0 bridgehead atoms. The van der Waals surface area contributed by atoms with Crippen molar-refractivity contribution in [1.29, 1.82) is 0 Å². The van der Waals surface area contributed by atoms with E-state index in [0.29, 0.717) is 0 Å². The maximum Gasteiger partial charge on any atom is 1.00 e. The van der Waals surface area contributed by atoms with Crippen LogP contribution in [0.15, 0.2) is 5.34 Å². The van der Waals surface area contributed by atoms with Gasteiger partial charge >= 0.3 is 91.4 Å². The van der Waals surface area contributed by atoms with Crippen molar-refractivity contribution < 1.29 is 99.0 Å². The Bertz CT molecular complexity index is 81.7. The Kier molecular flexibility index (Phi) is 22.8. The minimum atomic E-state index is -1.05. The minimum Gasteiger partial charge on any atom is -1.00 e. The van der Waals surface area contributed by atoms with Crippen LogP contribution in [0.2, 0.25) is 0 Å². The molecule has 0 rings (SSSR count). The van der Waals surface area contributed by atoms with Crippen LogP contribution in [0, 0.1) is 9.81 Å². The Balaban J connectivity index is -0.0000000208. The van der Waals surface area contributed by atoms with E-state index in [2.05, 4.69) is 4.94 Å². The fourth-order valence-electron chi connectivity index (χ4n) is 0.0285. The number of rotatable bonds is 2. The van der Waals surface area contributed by atoms with E-state index < -0.39 is 5.09 Å². The van der Waals surface area contributed by atoms with E-state index in [1.165, 1.54) is 0 Å². The van der Waals surface area contributed by atoms with Gasteiger partial charge in [0, 0.05) is 14.8 Å². The molecule has 0 saturated heterocycles. The molecule has 0 heterocycles. The quantitative estimate of drug-likeness (QED) is 0.246. The van der Waals surface area contributed by atoms with Gasteiger partial charge in [-0.2, -0.15) is 0 Å². The summed E-state index contributed by atoms with van der Waals surface area (Å²) in [6.07, 6.45) is 0. The van der Waals surface area contributed by atoms with Crippen LogP contribution in [-0.4, -0.2) is 10.3 Å². The molecule has 0 aromatic carbocycles. The van der Waals surface area contributed by atoms with Gasteiger partial charge in [0.25, 0.3) is 0 Å². The smallest absolute Gasteiger partial charge is 1.00 e. The van der Waals surface area contributed by atoms with Crippen molar-refractivity contribution in [2.45, 2.75) is 0 Å². The summed E-state index contributed by atoms with van der Waals surface area (Å²) in [6.45, 7) is 0. The summed E-state index contributed by atoms with van der Waals surface area (Å²) >= 11 is 0. The third-order valence-corrected chi connectivity index (χ3v) is 0.103. The third-order valence-electron chi connectivity index (χ3n) is 0.103. The summed E-state index contributed by atoms with van der Waals surface area (Å²) in [5.41, 5.74) is 0. The predicted molar refractivity (Wildman–Crippen MR) is 14.5 cm³/mol. The first-order valence-corrected chi connectivity index (χ1v) is 0.930. The molecule has 0 radical (unpaired) electrons. The SMILES string of the molecule is O=NO[N+](=O)O.[H-].[H-].[K+].[Na+]. The molecule has 0 aliphatic rings. The second kappa shape index (κ2) is 11.3. The summed E-state index contributed by atoms with van der Waals surface area (Å²) in [6, 6.07) is 0. The topological polar surface area (TPSA) is 79.0 Å². The molecule has 8 heavy (non-hydrogen) atoms. The van der Waals surface area contributed by atoms with Gasteiger partial charge in [-0.3, -0.25) is 5.21 Å². The summed E-state index contributed by atoms with van der Waals surface area (Å²) in [5.74, 6) is 0. The van der Waals surface area contributed by atoms with Crippen molar-refractivity contribution in [3.8, 4) is 0 Å². The largest absolute Gasteiger partial charge is 1.00 e. The second-order valence-corrected chi connectivity index (χ2v) is 0.394. The first kappa shape index (κ1) is 16.2. The van der Waals surface area contributed by atoms with Crippen LogP contribution < -0.4 is 80.9 Å². The average molecular weight is 157 g/mol. The molecule has 0 aromatic rings. The van der Waals surface area contributed by atoms with Gasteiger partial charge in [-0.15, -0.1) is 0 Å². The number of hydrogen-bond donors (Lipinski definition) is 1. The average Bonchev–Trinajstić information content (AvgIpc) is 1.35. The number of hydrogen-bond acceptors (Lipinski definition) is 4. The fraction of sp³-hybridized carbons (Fsp3) is 0. The van der Waals surface area contributed by atoms with Gasteiger partial charge in [-0.05, 0) is 0 Å². The predicted octanol–water partition coefficient (Wildman–Crippen LogP) is -6.00. The molecule has 0 spiro atoms. The van der Waals surface area contributed by atoms with E-state index in [1.54, 1.807) is 5.34 Å². The summed E-state index contributed by atoms with van der Waals surface area (Å²) in [5, 5.41) is 7.81. The van der Waals surface area contributed by atoms with Crippen LogP contribution in [0.1, 0.15) is 2.85 Å². The van der Waals surface area contributed by atoms with Crippen molar-refractivity contribution in [2.75, 3.05) is 0 Å². The fourth-order valence-corrected chi connectivity index (χ4v) is 0.0285. The van der Waals surface area contributed by atoms with Crippen molar-refractivity contribution in [2.24, 2.45) is 5.34 Å². The van der Waals surface area contributed by atoms with Gasteiger partial charge in [0.15, 0.2) is 0 Å². The van der Waals surface area contributed by atoms with Crippen molar-refractivity contribution in [1.82, 2.24) is 0 Å². The van der Waals surface area contributed by atoms with Crippen molar-refractivity contribution in [3.63, 3.8) is 0 Å². The molecular weight excluding hydrogens is 154 g/mol. The molecule has 0 saturated carbocycles. The van der Waals surface area contributed by atoms with Crippen LogP contribution in [0.5, 0.6) is 0 Å². The zero-order chi connectivity index (χ0) is 4.99. The maximum atomic E-state index is 9.00. The molecular formula is H3KN2NaO4+. The minimum absolute atomic E-state index is 0. The molecule has 38 valence electrons. The Morgan fingerprint density at radius 1 is 1.75 bits per heavy atom.